The number of nitrogens with two attached hydrogens (primary N) is 1. The minimum Gasteiger partial charge on any atom is -0.308 e. The molecular formula is C2H6N2O3. The molecule has 0 radical (unpaired) electrons. The van der Waals surface area contributed by atoms with Crippen LogP contribution >= 0.6 is 0 Å². The molecule has 0 aromatic carbocycles. The Kier molecular flexibility index (Phi) is 3.17. The van der Waals surface area contributed by atoms with E-state index in [-0.39, 0.29) is 6.73 Å². The van der Waals surface area contributed by atoms with Crippen LogP contribution in [0.2, 0.25) is 0 Å². The Morgan fingerprint density at radius 3 is 2.57 bits per heavy atom. The first-order valence-corrected chi connectivity index (χ1v) is 1.67. The van der Waals surface area contributed by atoms with Gasteiger partial charge in [0, 0.05) is 4.92 Å². The Balaban J connectivity index is 2.82. The van der Waals surface area contributed by atoms with E-state index < -0.39 is 11.7 Å². The minimum atomic E-state index is -0.590. The molecule has 0 heterocycles. The van der Waals surface area contributed by atoms with Crippen LogP contribution in [0, 0.1) is 10.1 Å². The van der Waals surface area contributed by atoms with Crippen LogP contribution in [-0.2, 0) is 4.74 Å². The monoisotopic (exact) mass is 106 g/mol. The molecule has 0 saturated heterocycles. The van der Waals surface area contributed by atoms with Gasteiger partial charge in [-0.15, -0.1) is 0 Å². The summed E-state index contributed by atoms with van der Waals surface area (Å²) in [4.78, 5) is 8.79. The van der Waals surface area contributed by atoms with Crippen molar-refractivity contribution in [3.05, 3.63) is 10.1 Å². The molecule has 0 aromatic rings. The maximum Gasteiger partial charge on any atom is 0.307 e. The first kappa shape index (κ1) is 6.32. The van der Waals surface area contributed by atoms with Gasteiger partial charge in [-0.05, 0) is 0 Å². The molecule has 0 aliphatic rings. The zero-order chi connectivity index (χ0) is 5.70. The van der Waals surface area contributed by atoms with Crippen molar-refractivity contribution in [2.75, 3.05) is 13.5 Å². The van der Waals surface area contributed by atoms with Crippen molar-refractivity contribution in [3.63, 3.8) is 0 Å². The lowest BCUT2D eigenvalue weighted by Gasteiger charge is -1.88. The van der Waals surface area contributed by atoms with Gasteiger partial charge in [-0.2, -0.15) is 0 Å². The molecule has 5 nitrogen and oxygen atoms in total. The SMILES string of the molecule is NCOC[N+](=O)[O-]. The standard InChI is InChI=1S/C2H6N2O3/c3-1-7-2-4(5)6/h1-3H2. The van der Waals surface area contributed by atoms with Gasteiger partial charge in [0.05, 0.1) is 0 Å². The van der Waals surface area contributed by atoms with E-state index in [4.69, 9.17) is 5.73 Å². The normalized spacial score (nSPS) is 8.71. The fraction of sp³-hybridized carbons (Fsp3) is 1.00. The van der Waals surface area contributed by atoms with E-state index in [0.29, 0.717) is 0 Å². The Morgan fingerprint density at radius 1 is 1.86 bits per heavy atom. The predicted molar refractivity (Wildman–Crippen MR) is 22.0 cm³/mol. The van der Waals surface area contributed by atoms with Crippen LogP contribution in [0.3, 0.4) is 0 Å². The molecule has 0 rings (SSSR count). The van der Waals surface area contributed by atoms with Gasteiger partial charge in [0.2, 0.25) is 0 Å². The second-order valence-corrected chi connectivity index (χ2v) is 0.833. The van der Waals surface area contributed by atoms with Crippen LogP contribution in [0.15, 0.2) is 0 Å². The van der Waals surface area contributed by atoms with Crippen LogP contribution in [0.25, 0.3) is 0 Å². The molecule has 7 heavy (non-hydrogen) atoms. The second kappa shape index (κ2) is 3.51. The summed E-state index contributed by atoms with van der Waals surface area (Å²) >= 11 is 0. The number of hydrogen-bond donors (Lipinski definition) is 1. The number of nitrogens with zero attached hydrogens (tertiary/aromatic N) is 1. The maximum atomic E-state index is 9.38. The molecule has 0 spiro atoms. The molecule has 0 atom stereocenters. The highest BCUT2D eigenvalue weighted by molar-refractivity contribution is 4.04. The van der Waals surface area contributed by atoms with Gasteiger partial charge in [-0.25, -0.2) is 0 Å². The van der Waals surface area contributed by atoms with Crippen LogP contribution in [0.4, 0.5) is 0 Å². The molecule has 0 saturated carbocycles. The third kappa shape index (κ3) is 5.32. The predicted octanol–water partition coefficient (Wildman–Crippen LogP) is -0.847. The van der Waals surface area contributed by atoms with Gasteiger partial charge in [0.1, 0.15) is 6.73 Å². The topological polar surface area (TPSA) is 78.4 Å². The van der Waals surface area contributed by atoms with Gasteiger partial charge < -0.3 is 10.5 Å². The number of ether oxygens (including phenoxy) is 1. The summed E-state index contributed by atoms with van der Waals surface area (Å²) in [7, 11) is 0. The summed E-state index contributed by atoms with van der Waals surface area (Å²) in [6, 6.07) is 0. The lowest BCUT2D eigenvalue weighted by atomic mass is 11.2. The first-order valence-electron chi connectivity index (χ1n) is 1.67. The van der Waals surface area contributed by atoms with Crippen LogP contribution in [0.5, 0.6) is 0 Å². The Bertz CT molecular complexity index is 64.0. The fourth-order valence-corrected chi connectivity index (χ4v) is 0.127. The third-order valence-corrected chi connectivity index (χ3v) is 0.315. The lowest BCUT2D eigenvalue weighted by molar-refractivity contribution is -0.526. The number of rotatable bonds is 3. The van der Waals surface area contributed by atoms with E-state index in [0.717, 1.165) is 0 Å². The highest BCUT2D eigenvalue weighted by Gasteiger charge is 1.89. The highest BCUT2D eigenvalue weighted by Crippen LogP contribution is 1.67. The summed E-state index contributed by atoms with van der Waals surface area (Å²) in [5.74, 6) is 0. The molecule has 0 unspecified atom stereocenters. The quantitative estimate of drug-likeness (QED) is 0.289. The van der Waals surface area contributed by atoms with Crippen LogP contribution in [0.1, 0.15) is 0 Å². The van der Waals surface area contributed by atoms with E-state index in [1.54, 1.807) is 0 Å². The molecule has 42 valence electrons. The molecule has 0 bridgehead atoms. The first-order chi connectivity index (χ1) is 3.27. The van der Waals surface area contributed by atoms with Crippen molar-refractivity contribution in [2.24, 2.45) is 5.73 Å². The zero-order valence-electron chi connectivity index (χ0n) is 3.66. The third-order valence-electron chi connectivity index (χ3n) is 0.315. The van der Waals surface area contributed by atoms with Crippen molar-refractivity contribution in [1.29, 1.82) is 0 Å². The molecule has 0 aromatic heterocycles. The molecule has 5 heteroatoms. The highest BCUT2D eigenvalue weighted by atomic mass is 16.7. The smallest absolute Gasteiger partial charge is 0.307 e. The molecule has 0 aliphatic heterocycles. The van der Waals surface area contributed by atoms with Crippen molar-refractivity contribution >= 4 is 0 Å². The average Bonchev–Trinajstić information content (AvgIpc) is 1.61. The van der Waals surface area contributed by atoms with Gasteiger partial charge in [0.25, 0.3) is 0 Å². The minimum absolute atomic E-state index is 0.0962. The zero-order valence-corrected chi connectivity index (χ0v) is 3.66. The second-order valence-electron chi connectivity index (χ2n) is 0.833. The summed E-state index contributed by atoms with van der Waals surface area (Å²) < 4.78 is 4.17. The van der Waals surface area contributed by atoms with E-state index in [1.165, 1.54) is 0 Å². The van der Waals surface area contributed by atoms with Gasteiger partial charge in [-0.1, -0.05) is 0 Å². The van der Waals surface area contributed by atoms with Crippen LogP contribution < -0.4 is 5.73 Å². The van der Waals surface area contributed by atoms with Crippen molar-refractivity contribution < 1.29 is 9.66 Å². The van der Waals surface area contributed by atoms with Gasteiger partial charge in [0.15, 0.2) is 0 Å². The summed E-state index contributed by atoms with van der Waals surface area (Å²) in [5, 5.41) is 9.38. The Morgan fingerprint density at radius 2 is 2.43 bits per heavy atom. The van der Waals surface area contributed by atoms with Crippen LogP contribution in [-0.4, -0.2) is 18.4 Å². The Labute approximate surface area is 40.2 Å². The summed E-state index contributed by atoms with van der Waals surface area (Å²) in [6.07, 6.45) is 0. The van der Waals surface area contributed by atoms with Crippen molar-refractivity contribution in [1.82, 2.24) is 0 Å². The average molecular weight is 106 g/mol. The lowest BCUT2D eigenvalue weighted by Crippen LogP contribution is -2.11. The largest absolute Gasteiger partial charge is 0.308 e. The molecule has 0 aliphatic carbocycles. The van der Waals surface area contributed by atoms with E-state index in [2.05, 4.69) is 4.74 Å². The fourth-order valence-electron chi connectivity index (χ4n) is 0.127. The number of hydrogen-bond acceptors (Lipinski definition) is 4. The Hall–Kier alpha value is -0.680. The summed E-state index contributed by atoms with van der Waals surface area (Å²) in [5.41, 5.74) is 4.75. The van der Waals surface area contributed by atoms with Gasteiger partial charge >= 0.3 is 6.73 Å². The van der Waals surface area contributed by atoms with Crippen molar-refractivity contribution in [2.45, 2.75) is 0 Å². The van der Waals surface area contributed by atoms with E-state index in [1.807, 2.05) is 0 Å². The molecule has 2 N–H and O–H groups in total. The molecule has 0 fully saturated rings. The van der Waals surface area contributed by atoms with E-state index >= 15 is 0 Å². The number of nitro groups is 1. The van der Waals surface area contributed by atoms with Crippen molar-refractivity contribution in [3.8, 4) is 0 Å². The van der Waals surface area contributed by atoms with Gasteiger partial charge in [-0.3, -0.25) is 10.1 Å². The van der Waals surface area contributed by atoms with E-state index in [9.17, 15) is 10.1 Å². The molecule has 0 amide bonds. The molecular weight excluding hydrogens is 100 g/mol. The summed E-state index contributed by atoms with van der Waals surface area (Å²) in [6.45, 7) is -0.600. The maximum absolute atomic E-state index is 9.38.